The molecule has 112 valence electrons. The molecule has 0 unspecified atom stereocenters. The van der Waals surface area contributed by atoms with Crippen LogP contribution in [0.2, 0.25) is 0 Å². The lowest BCUT2D eigenvalue weighted by atomic mass is 10.2. The van der Waals surface area contributed by atoms with E-state index in [1.54, 1.807) is 37.7 Å². The van der Waals surface area contributed by atoms with Gasteiger partial charge in [-0.25, -0.2) is 0 Å². The van der Waals surface area contributed by atoms with Crippen LogP contribution in [0.4, 0.5) is 0 Å². The molecule has 0 saturated carbocycles. The molecule has 0 amide bonds. The van der Waals surface area contributed by atoms with Gasteiger partial charge >= 0.3 is 0 Å². The van der Waals surface area contributed by atoms with E-state index in [1.807, 2.05) is 24.3 Å². The lowest BCUT2D eigenvalue weighted by molar-refractivity contribution is 0.414. The normalized spacial score (nSPS) is 14.1. The molecule has 1 aliphatic heterocycles. The van der Waals surface area contributed by atoms with E-state index >= 15 is 0 Å². The summed E-state index contributed by atoms with van der Waals surface area (Å²) >= 11 is 3.50. The fraction of sp³-hybridized carbons (Fsp3) is 0.111. The first kappa shape index (κ1) is 15.1. The Kier molecular flexibility index (Phi) is 4.80. The summed E-state index contributed by atoms with van der Waals surface area (Å²) in [6.45, 7) is 0. The molecule has 0 fully saturated rings. The zero-order valence-corrected chi connectivity index (χ0v) is 14.0. The summed E-state index contributed by atoms with van der Waals surface area (Å²) in [6.07, 6.45) is 0. The lowest BCUT2D eigenvalue weighted by Gasteiger charge is -2.15. The van der Waals surface area contributed by atoms with Crippen LogP contribution in [0.3, 0.4) is 0 Å². The van der Waals surface area contributed by atoms with Crippen LogP contribution in [0.5, 0.6) is 11.5 Å². The molecule has 0 radical (unpaired) electrons. The summed E-state index contributed by atoms with van der Waals surface area (Å²) in [5.41, 5.74) is 2.41. The Morgan fingerprint density at radius 2 is 1.05 bits per heavy atom. The average Bonchev–Trinajstić information content (AvgIpc) is 2.62. The molecule has 2 aromatic carbocycles. The van der Waals surface area contributed by atoms with Gasteiger partial charge in [0.15, 0.2) is 0 Å². The Labute approximate surface area is 139 Å². The highest BCUT2D eigenvalue weighted by molar-refractivity contribution is 8.20. The molecule has 4 heteroatoms. The van der Waals surface area contributed by atoms with E-state index in [2.05, 4.69) is 35.1 Å². The SMILES string of the molecule is COc1ccc(C2=CSC=C(c3ccc(OC)cc3)S2)cc1. The van der Waals surface area contributed by atoms with Crippen molar-refractivity contribution in [1.29, 1.82) is 0 Å². The van der Waals surface area contributed by atoms with Crippen molar-refractivity contribution in [2.24, 2.45) is 0 Å². The van der Waals surface area contributed by atoms with Gasteiger partial charge in [0.1, 0.15) is 11.5 Å². The van der Waals surface area contributed by atoms with Crippen molar-refractivity contribution in [2.75, 3.05) is 14.2 Å². The topological polar surface area (TPSA) is 18.5 Å². The highest BCUT2D eigenvalue weighted by atomic mass is 32.2. The zero-order chi connectivity index (χ0) is 15.4. The quantitative estimate of drug-likeness (QED) is 0.739. The second-order valence-electron chi connectivity index (χ2n) is 4.66. The summed E-state index contributed by atoms with van der Waals surface area (Å²) in [4.78, 5) is 2.50. The molecular formula is C18H16O2S2. The number of methoxy groups -OCH3 is 2. The van der Waals surface area contributed by atoms with E-state index in [9.17, 15) is 0 Å². The zero-order valence-electron chi connectivity index (χ0n) is 12.4. The molecule has 0 aromatic heterocycles. The van der Waals surface area contributed by atoms with Gasteiger partial charge in [-0.05, 0) is 46.2 Å². The number of ether oxygens (including phenoxy) is 2. The number of thioether (sulfide) groups is 2. The molecule has 0 N–H and O–H groups in total. The Bertz CT molecular complexity index is 639. The maximum atomic E-state index is 5.21. The first-order chi connectivity index (χ1) is 10.8. The van der Waals surface area contributed by atoms with Crippen LogP contribution < -0.4 is 9.47 Å². The summed E-state index contributed by atoms with van der Waals surface area (Å²) in [7, 11) is 3.37. The number of hydrogen-bond acceptors (Lipinski definition) is 4. The predicted octanol–water partition coefficient (Wildman–Crippen LogP) is 5.48. The van der Waals surface area contributed by atoms with Gasteiger partial charge < -0.3 is 9.47 Å². The second kappa shape index (κ2) is 6.99. The Morgan fingerprint density at radius 1 is 0.636 bits per heavy atom. The van der Waals surface area contributed by atoms with Gasteiger partial charge in [-0.15, -0.1) is 11.8 Å². The average molecular weight is 328 g/mol. The Morgan fingerprint density at radius 3 is 1.41 bits per heavy atom. The van der Waals surface area contributed by atoms with Crippen molar-refractivity contribution in [3.63, 3.8) is 0 Å². The molecule has 1 heterocycles. The molecule has 0 saturated heterocycles. The summed E-state index contributed by atoms with van der Waals surface area (Å²) in [5, 5.41) is 4.36. The molecule has 3 rings (SSSR count). The van der Waals surface area contributed by atoms with Crippen LogP contribution in [0.15, 0.2) is 59.3 Å². The van der Waals surface area contributed by atoms with Gasteiger partial charge in [0.2, 0.25) is 0 Å². The fourth-order valence-electron chi connectivity index (χ4n) is 2.09. The summed E-state index contributed by atoms with van der Waals surface area (Å²) < 4.78 is 10.4. The summed E-state index contributed by atoms with van der Waals surface area (Å²) in [5.74, 6) is 1.76. The van der Waals surface area contributed by atoms with Crippen molar-refractivity contribution >= 4 is 33.3 Å². The monoisotopic (exact) mass is 328 g/mol. The molecule has 0 atom stereocenters. The molecule has 1 aliphatic rings. The van der Waals surface area contributed by atoms with E-state index in [0.29, 0.717) is 0 Å². The molecule has 2 aromatic rings. The fourth-order valence-corrected chi connectivity index (χ4v) is 4.14. The van der Waals surface area contributed by atoms with Crippen molar-refractivity contribution in [2.45, 2.75) is 0 Å². The van der Waals surface area contributed by atoms with E-state index in [0.717, 1.165) is 11.5 Å². The first-order valence-corrected chi connectivity index (χ1v) is 8.58. The van der Waals surface area contributed by atoms with E-state index in [4.69, 9.17) is 9.47 Å². The van der Waals surface area contributed by atoms with Gasteiger partial charge in [0, 0.05) is 9.81 Å². The van der Waals surface area contributed by atoms with E-state index < -0.39 is 0 Å². The van der Waals surface area contributed by atoms with Gasteiger partial charge in [0.25, 0.3) is 0 Å². The third-order valence-electron chi connectivity index (χ3n) is 3.32. The van der Waals surface area contributed by atoms with Gasteiger partial charge in [-0.1, -0.05) is 36.0 Å². The summed E-state index contributed by atoms with van der Waals surface area (Å²) in [6, 6.07) is 16.3. The molecule has 0 spiro atoms. The standard InChI is InChI=1S/C18H16O2S2/c1-19-15-7-3-13(4-8-15)17-11-21-12-18(22-17)14-5-9-16(20-2)10-6-14/h3-12H,1-2H3. The van der Waals surface area contributed by atoms with Crippen molar-refractivity contribution < 1.29 is 9.47 Å². The van der Waals surface area contributed by atoms with Gasteiger partial charge in [-0.3, -0.25) is 0 Å². The first-order valence-electron chi connectivity index (χ1n) is 6.82. The van der Waals surface area contributed by atoms with Gasteiger partial charge in [-0.2, -0.15) is 0 Å². The number of hydrogen-bond donors (Lipinski definition) is 0. The van der Waals surface area contributed by atoms with Crippen LogP contribution >= 0.6 is 23.5 Å². The maximum Gasteiger partial charge on any atom is 0.118 e. The van der Waals surface area contributed by atoms with Crippen molar-refractivity contribution in [1.82, 2.24) is 0 Å². The Hall–Kier alpha value is -1.78. The highest BCUT2D eigenvalue weighted by Gasteiger charge is 2.12. The van der Waals surface area contributed by atoms with E-state index in [1.165, 1.54) is 20.9 Å². The van der Waals surface area contributed by atoms with Crippen LogP contribution in [-0.2, 0) is 0 Å². The minimum absolute atomic E-state index is 0.878. The minimum Gasteiger partial charge on any atom is -0.497 e. The molecular weight excluding hydrogens is 312 g/mol. The molecule has 0 bridgehead atoms. The third-order valence-corrected chi connectivity index (χ3v) is 5.51. The van der Waals surface area contributed by atoms with Crippen molar-refractivity contribution in [3.8, 4) is 11.5 Å². The van der Waals surface area contributed by atoms with Crippen molar-refractivity contribution in [3.05, 3.63) is 70.5 Å². The maximum absolute atomic E-state index is 5.21. The van der Waals surface area contributed by atoms with Crippen LogP contribution in [0.25, 0.3) is 9.81 Å². The molecule has 2 nitrogen and oxygen atoms in total. The van der Waals surface area contributed by atoms with Crippen LogP contribution in [-0.4, -0.2) is 14.2 Å². The molecule has 0 aliphatic carbocycles. The second-order valence-corrected chi connectivity index (χ2v) is 6.49. The lowest BCUT2D eigenvalue weighted by Crippen LogP contribution is -1.88. The number of rotatable bonds is 4. The number of benzene rings is 2. The van der Waals surface area contributed by atoms with E-state index in [-0.39, 0.29) is 0 Å². The van der Waals surface area contributed by atoms with Crippen LogP contribution in [0, 0.1) is 0 Å². The smallest absolute Gasteiger partial charge is 0.118 e. The Balaban J connectivity index is 1.78. The van der Waals surface area contributed by atoms with Gasteiger partial charge in [0.05, 0.1) is 14.2 Å². The predicted molar refractivity (Wildman–Crippen MR) is 97.1 cm³/mol. The largest absolute Gasteiger partial charge is 0.497 e. The minimum atomic E-state index is 0.878. The highest BCUT2D eigenvalue weighted by Crippen LogP contribution is 2.45. The third kappa shape index (κ3) is 3.34. The van der Waals surface area contributed by atoms with Crippen LogP contribution in [0.1, 0.15) is 11.1 Å². The molecule has 22 heavy (non-hydrogen) atoms.